The first-order valence-electron chi connectivity index (χ1n) is 6.28. The Labute approximate surface area is 135 Å². The van der Waals surface area contributed by atoms with Crippen LogP contribution in [0.1, 0.15) is 18.2 Å². The summed E-state index contributed by atoms with van der Waals surface area (Å²) in [4.78, 5) is 4.30. The van der Waals surface area contributed by atoms with Crippen LogP contribution in [0.3, 0.4) is 0 Å². The molecule has 5 heteroatoms. The molecular weight excluding hydrogens is 386 g/mol. The van der Waals surface area contributed by atoms with Crippen molar-refractivity contribution in [3.05, 3.63) is 52.3 Å². The first-order valence-corrected chi connectivity index (χ1v) is 8.20. The number of pyridine rings is 1. The van der Waals surface area contributed by atoms with Gasteiger partial charge in [-0.3, -0.25) is 4.98 Å². The Morgan fingerprint density at radius 3 is 2.65 bits per heavy atom. The van der Waals surface area contributed by atoms with E-state index in [1.54, 1.807) is 6.20 Å². The van der Waals surface area contributed by atoms with Crippen LogP contribution in [0, 0.1) is 0 Å². The highest BCUT2D eigenvalue weighted by atomic mass is 79.9. The smallest absolute Gasteiger partial charge is 0.165 e. The van der Waals surface area contributed by atoms with Gasteiger partial charge in [0.2, 0.25) is 0 Å². The van der Waals surface area contributed by atoms with Gasteiger partial charge in [0.1, 0.15) is 6.61 Å². The fourth-order valence-corrected chi connectivity index (χ4v) is 2.41. The molecule has 2 rings (SSSR count). The summed E-state index contributed by atoms with van der Waals surface area (Å²) in [5.74, 6) is 1.54. The fourth-order valence-electron chi connectivity index (χ4n) is 1.74. The topological polar surface area (TPSA) is 31.4 Å². The molecule has 0 saturated carbocycles. The molecule has 0 N–H and O–H groups in total. The van der Waals surface area contributed by atoms with Crippen LogP contribution in [-0.4, -0.2) is 11.6 Å². The van der Waals surface area contributed by atoms with Gasteiger partial charge in [-0.2, -0.15) is 0 Å². The van der Waals surface area contributed by atoms with E-state index < -0.39 is 0 Å². The molecule has 0 saturated heterocycles. The number of aromatic nitrogens is 1. The van der Waals surface area contributed by atoms with E-state index in [4.69, 9.17) is 9.47 Å². The minimum Gasteiger partial charge on any atom is -0.490 e. The Morgan fingerprint density at radius 1 is 1.15 bits per heavy atom. The second-order valence-corrected chi connectivity index (χ2v) is 5.54. The van der Waals surface area contributed by atoms with Gasteiger partial charge in [-0.25, -0.2) is 0 Å². The quantitative estimate of drug-likeness (QED) is 0.657. The largest absolute Gasteiger partial charge is 0.490 e. The summed E-state index contributed by atoms with van der Waals surface area (Å²) >= 11 is 6.84. The molecule has 2 aromatic rings. The average Bonchev–Trinajstić information content (AvgIpc) is 2.47. The minimum atomic E-state index is 0.414. The molecule has 0 aliphatic carbocycles. The summed E-state index contributed by atoms with van der Waals surface area (Å²) in [7, 11) is 0. The lowest BCUT2D eigenvalue weighted by molar-refractivity contribution is 0.264. The van der Waals surface area contributed by atoms with Crippen LogP contribution >= 0.6 is 31.9 Å². The van der Waals surface area contributed by atoms with E-state index in [9.17, 15) is 0 Å². The minimum absolute atomic E-state index is 0.414. The van der Waals surface area contributed by atoms with E-state index >= 15 is 0 Å². The highest BCUT2D eigenvalue weighted by Crippen LogP contribution is 2.33. The van der Waals surface area contributed by atoms with E-state index in [2.05, 4.69) is 36.8 Å². The second-order valence-electron chi connectivity index (χ2n) is 4.07. The summed E-state index contributed by atoms with van der Waals surface area (Å²) in [5, 5.41) is 0.719. The van der Waals surface area contributed by atoms with E-state index in [-0.39, 0.29) is 0 Å². The van der Waals surface area contributed by atoms with Crippen molar-refractivity contribution in [3.63, 3.8) is 0 Å². The van der Waals surface area contributed by atoms with Gasteiger partial charge in [-0.05, 0) is 41.1 Å². The van der Waals surface area contributed by atoms with Crippen molar-refractivity contribution >= 4 is 31.9 Å². The maximum absolute atomic E-state index is 5.90. The van der Waals surface area contributed by atoms with Crippen LogP contribution in [0.5, 0.6) is 11.5 Å². The van der Waals surface area contributed by atoms with Crippen molar-refractivity contribution in [1.82, 2.24) is 4.98 Å². The molecule has 1 aromatic heterocycles. The van der Waals surface area contributed by atoms with E-state index in [1.165, 1.54) is 0 Å². The zero-order chi connectivity index (χ0) is 14.4. The van der Waals surface area contributed by atoms with Gasteiger partial charge in [-0.1, -0.05) is 28.1 Å². The van der Waals surface area contributed by atoms with Gasteiger partial charge in [0.05, 0.1) is 12.3 Å². The first kappa shape index (κ1) is 15.3. The number of halogens is 2. The highest BCUT2D eigenvalue weighted by molar-refractivity contribution is 9.10. The average molecular weight is 401 g/mol. The molecule has 3 nitrogen and oxygen atoms in total. The molecule has 0 atom stereocenters. The predicted octanol–water partition coefficient (Wildman–Crippen LogP) is 4.72. The van der Waals surface area contributed by atoms with E-state index in [1.807, 2.05) is 37.3 Å². The van der Waals surface area contributed by atoms with Crippen molar-refractivity contribution in [2.75, 3.05) is 6.61 Å². The van der Waals surface area contributed by atoms with Crippen molar-refractivity contribution in [2.24, 2.45) is 0 Å². The Kier molecular flexibility index (Phi) is 5.86. The van der Waals surface area contributed by atoms with Crippen LogP contribution in [0.4, 0.5) is 0 Å². The Morgan fingerprint density at radius 2 is 2.00 bits per heavy atom. The molecular formula is C15H15Br2NO2. The number of ether oxygens (including phenoxy) is 2. The monoisotopic (exact) mass is 399 g/mol. The maximum atomic E-state index is 5.90. The van der Waals surface area contributed by atoms with Gasteiger partial charge < -0.3 is 9.47 Å². The number of para-hydroxylation sites is 1. The number of nitrogens with zero attached hydrogens (tertiary/aromatic N) is 1. The zero-order valence-electron chi connectivity index (χ0n) is 11.1. The highest BCUT2D eigenvalue weighted by Gasteiger charge is 2.10. The lowest BCUT2D eigenvalue weighted by atomic mass is 10.2. The Hall–Kier alpha value is -1.07. The number of benzene rings is 1. The van der Waals surface area contributed by atoms with Crippen molar-refractivity contribution in [2.45, 2.75) is 18.9 Å². The molecule has 0 aliphatic heterocycles. The predicted molar refractivity (Wildman–Crippen MR) is 86.5 cm³/mol. The lowest BCUT2D eigenvalue weighted by Gasteiger charge is -2.14. The molecule has 0 bridgehead atoms. The second kappa shape index (κ2) is 7.64. The Balaban J connectivity index is 2.16. The van der Waals surface area contributed by atoms with Gasteiger partial charge in [0.25, 0.3) is 0 Å². The molecule has 1 aromatic carbocycles. The van der Waals surface area contributed by atoms with Crippen LogP contribution in [0.25, 0.3) is 0 Å². The summed E-state index contributed by atoms with van der Waals surface area (Å²) in [6.07, 6.45) is 1.76. The molecule has 0 fully saturated rings. The SMILES string of the molecule is CCOc1cccc(CBr)c1OCc1ccc(Br)cn1. The van der Waals surface area contributed by atoms with Gasteiger partial charge in [0, 0.05) is 21.6 Å². The normalized spacial score (nSPS) is 10.3. The summed E-state index contributed by atoms with van der Waals surface area (Å²) in [6, 6.07) is 9.78. The molecule has 20 heavy (non-hydrogen) atoms. The summed E-state index contributed by atoms with van der Waals surface area (Å²) < 4.78 is 12.5. The van der Waals surface area contributed by atoms with E-state index in [0.717, 1.165) is 32.6 Å². The number of hydrogen-bond acceptors (Lipinski definition) is 3. The zero-order valence-corrected chi connectivity index (χ0v) is 14.3. The van der Waals surface area contributed by atoms with Gasteiger partial charge in [-0.15, -0.1) is 0 Å². The third-order valence-electron chi connectivity index (χ3n) is 2.66. The van der Waals surface area contributed by atoms with Crippen LogP contribution in [0.2, 0.25) is 0 Å². The maximum Gasteiger partial charge on any atom is 0.165 e. The molecule has 0 spiro atoms. The first-order chi connectivity index (χ1) is 9.74. The number of hydrogen-bond donors (Lipinski definition) is 0. The summed E-state index contributed by atoms with van der Waals surface area (Å²) in [6.45, 7) is 2.98. The molecule has 0 unspecified atom stereocenters. The molecule has 106 valence electrons. The standard InChI is InChI=1S/C15H15Br2NO2/c1-2-19-14-5-3-4-11(8-16)15(14)20-10-13-7-6-12(17)9-18-13/h3-7,9H,2,8,10H2,1H3. The van der Waals surface area contributed by atoms with Gasteiger partial charge >= 0.3 is 0 Å². The molecule has 0 amide bonds. The number of alkyl halides is 1. The summed E-state index contributed by atoms with van der Waals surface area (Å²) in [5.41, 5.74) is 1.94. The number of rotatable bonds is 6. The van der Waals surface area contributed by atoms with Crippen LogP contribution in [0.15, 0.2) is 41.0 Å². The fraction of sp³-hybridized carbons (Fsp3) is 0.267. The third-order valence-corrected chi connectivity index (χ3v) is 3.73. The lowest BCUT2D eigenvalue weighted by Crippen LogP contribution is -2.03. The molecule has 0 radical (unpaired) electrons. The van der Waals surface area contributed by atoms with Crippen LogP contribution in [-0.2, 0) is 11.9 Å². The Bertz CT molecular complexity index is 558. The van der Waals surface area contributed by atoms with Crippen LogP contribution < -0.4 is 9.47 Å². The molecule has 0 aliphatic rings. The molecule has 1 heterocycles. The van der Waals surface area contributed by atoms with Crippen molar-refractivity contribution < 1.29 is 9.47 Å². The van der Waals surface area contributed by atoms with Crippen molar-refractivity contribution in [3.8, 4) is 11.5 Å². The van der Waals surface area contributed by atoms with E-state index in [0.29, 0.717) is 13.2 Å². The van der Waals surface area contributed by atoms with Crippen molar-refractivity contribution in [1.29, 1.82) is 0 Å². The van der Waals surface area contributed by atoms with Gasteiger partial charge in [0.15, 0.2) is 11.5 Å². The third kappa shape index (κ3) is 3.96.